The van der Waals surface area contributed by atoms with Crippen molar-refractivity contribution in [3.63, 3.8) is 0 Å². The molecule has 0 spiro atoms. The van der Waals surface area contributed by atoms with Gasteiger partial charge in [-0.15, -0.1) is 11.8 Å². The molecule has 1 unspecified atom stereocenters. The van der Waals surface area contributed by atoms with E-state index in [1.54, 1.807) is 11.8 Å². The number of benzene rings is 2. The highest BCUT2D eigenvalue weighted by Gasteiger charge is 2.26. The molecule has 0 radical (unpaired) electrons. The van der Waals surface area contributed by atoms with Crippen molar-refractivity contribution < 1.29 is 0 Å². The maximum atomic E-state index is 12.8. The number of rotatable bonds is 1. The molecule has 0 saturated carbocycles. The Labute approximate surface area is 127 Å². The number of hydrogen-bond donors (Lipinski definition) is 0. The van der Waals surface area contributed by atoms with Crippen LogP contribution in [-0.2, 0) is 0 Å². The van der Waals surface area contributed by atoms with E-state index in [-0.39, 0.29) is 11.6 Å². The Morgan fingerprint density at radius 2 is 1.67 bits per heavy atom. The zero-order valence-electron chi connectivity index (χ0n) is 11.7. The Kier molecular flexibility index (Phi) is 2.89. The maximum absolute atomic E-state index is 12.8. The number of fused-ring (bicyclic) bond motifs is 2. The number of thioether (sulfide) groups is 1. The van der Waals surface area contributed by atoms with E-state index in [9.17, 15) is 4.79 Å². The van der Waals surface area contributed by atoms with Gasteiger partial charge in [-0.2, -0.15) is 0 Å². The number of hydrogen-bond acceptors (Lipinski definition) is 2. The molecule has 0 bridgehead atoms. The Morgan fingerprint density at radius 1 is 1.00 bits per heavy atom. The standard InChI is InChI=1S/C18H15NOS/c1-12-11-21-18-16(13-7-3-2-4-8-13)14-9-5-6-10-15(14)17(20)19(12)18/h2-10,12H,11H2,1H3. The molecule has 2 aromatic carbocycles. The van der Waals surface area contributed by atoms with Crippen LogP contribution in [0.2, 0.25) is 0 Å². The second kappa shape index (κ2) is 4.78. The van der Waals surface area contributed by atoms with Crippen LogP contribution in [0.1, 0.15) is 13.0 Å². The van der Waals surface area contributed by atoms with Crippen molar-refractivity contribution in [2.75, 3.05) is 5.75 Å². The molecule has 4 rings (SSSR count). The summed E-state index contributed by atoms with van der Waals surface area (Å²) in [6.45, 7) is 2.12. The molecule has 21 heavy (non-hydrogen) atoms. The Balaban J connectivity index is 2.20. The summed E-state index contributed by atoms with van der Waals surface area (Å²) >= 11 is 1.79. The van der Waals surface area contributed by atoms with Crippen LogP contribution in [0.4, 0.5) is 0 Å². The SMILES string of the molecule is CC1CSc2c(-c3ccccc3)c3ccccc3c(=O)n21. The summed E-state index contributed by atoms with van der Waals surface area (Å²) in [5.41, 5.74) is 2.51. The van der Waals surface area contributed by atoms with Crippen molar-refractivity contribution in [1.82, 2.24) is 4.57 Å². The lowest BCUT2D eigenvalue weighted by Crippen LogP contribution is -2.22. The van der Waals surface area contributed by atoms with Crippen molar-refractivity contribution in [3.05, 3.63) is 65.0 Å². The van der Waals surface area contributed by atoms with Gasteiger partial charge in [0.15, 0.2) is 0 Å². The molecule has 0 aliphatic carbocycles. The summed E-state index contributed by atoms with van der Waals surface area (Å²) in [7, 11) is 0. The Bertz CT molecular complexity index is 883. The molecule has 3 heteroatoms. The Morgan fingerprint density at radius 3 is 2.43 bits per heavy atom. The summed E-state index contributed by atoms with van der Waals surface area (Å²) in [5.74, 6) is 0.964. The monoisotopic (exact) mass is 293 g/mol. The maximum Gasteiger partial charge on any atom is 0.259 e. The van der Waals surface area contributed by atoms with Crippen LogP contribution in [0.3, 0.4) is 0 Å². The van der Waals surface area contributed by atoms with E-state index in [4.69, 9.17) is 0 Å². The summed E-state index contributed by atoms with van der Waals surface area (Å²) < 4.78 is 1.97. The molecule has 0 saturated heterocycles. The molecule has 3 aromatic rings. The molecule has 104 valence electrons. The summed E-state index contributed by atoms with van der Waals surface area (Å²) in [5, 5.41) is 2.98. The van der Waals surface area contributed by atoms with Crippen LogP contribution in [-0.4, -0.2) is 10.3 Å². The highest BCUT2D eigenvalue weighted by Crippen LogP contribution is 2.42. The van der Waals surface area contributed by atoms with Crippen molar-refractivity contribution in [3.8, 4) is 11.1 Å². The highest BCUT2D eigenvalue weighted by atomic mass is 32.2. The second-order valence-electron chi connectivity index (χ2n) is 5.43. The van der Waals surface area contributed by atoms with Gasteiger partial charge in [-0.3, -0.25) is 9.36 Å². The fourth-order valence-electron chi connectivity index (χ4n) is 3.05. The highest BCUT2D eigenvalue weighted by molar-refractivity contribution is 7.99. The van der Waals surface area contributed by atoms with E-state index >= 15 is 0 Å². The molecule has 1 aliphatic rings. The molecule has 1 aromatic heterocycles. The lowest BCUT2D eigenvalue weighted by Gasteiger charge is -2.15. The van der Waals surface area contributed by atoms with Crippen LogP contribution in [0.5, 0.6) is 0 Å². The first-order chi connectivity index (χ1) is 10.3. The van der Waals surface area contributed by atoms with Crippen molar-refractivity contribution in [1.29, 1.82) is 0 Å². The first kappa shape index (κ1) is 12.7. The van der Waals surface area contributed by atoms with E-state index in [1.165, 1.54) is 11.1 Å². The van der Waals surface area contributed by atoms with Gasteiger partial charge >= 0.3 is 0 Å². The summed E-state index contributed by atoms with van der Waals surface area (Å²) in [6.07, 6.45) is 0. The molecule has 2 nitrogen and oxygen atoms in total. The molecule has 0 amide bonds. The summed E-state index contributed by atoms with van der Waals surface area (Å²) in [4.78, 5) is 12.8. The van der Waals surface area contributed by atoms with Gasteiger partial charge < -0.3 is 0 Å². The minimum absolute atomic E-state index is 0.137. The molecular weight excluding hydrogens is 278 g/mol. The first-order valence-corrected chi connectivity index (χ1v) is 8.11. The molecular formula is C18H15NOS. The zero-order chi connectivity index (χ0) is 14.4. The molecule has 2 heterocycles. The lowest BCUT2D eigenvalue weighted by atomic mass is 10.0. The minimum atomic E-state index is 0.137. The van der Waals surface area contributed by atoms with Gasteiger partial charge in [-0.1, -0.05) is 48.5 Å². The Hall–Kier alpha value is -2.00. The van der Waals surface area contributed by atoms with Gasteiger partial charge in [0.1, 0.15) is 0 Å². The lowest BCUT2D eigenvalue weighted by molar-refractivity contribution is 0.570. The van der Waals surface area contributed by atoms with Crippen LogP contribution < -0.4 is 5.56 Å². The molecule has 0 fully saturated rings. The van der Waals surface area contributed by atoms with E-state index in [0.29, 0.717) is 0 Å². The van der Waals surface area contributed by atoms with Gasteiger partial charge in [0.05, 0.1) is 5.03 Å². The third kappa shape index (κ3) is 1.84. The average Bonchev–Trinajstić information content (AvgIpc) is 2.91. The van der Waals surface area contributed by atoms with E-state index < -0.39 is 0 Å². The van der Waals surface area contributed by atoms with Gasteiger partial charge in [0.2, 0.25) is 0 Å². The largest absolute Gasteiger partial charge is 0.298 e. The number of aromatic nitrogens is 1. The van der Waals surface area contributed by atoms with Gasteiger partial charge in [0.25, 0.3) is 5.56 Å². The molecule has 1 atom stereocenters. The third-order valence-corrected chi connectivity index (χ3v) is 5.37. The minimum Gasteiger partial charge on any atom is -0.298 e. The average molecular weight is 293 g/mol. The third-order valence-electron chi connectivity index (χ3n) is 4.04. The smallest absolute Gasteiger partial charge is 0.259 e. The first-order valence-electron chi connectivity index (χ1n) is 7.13. The summed E-state index contributed by atoms with van der Waals surface area (Å²) in [6, 6.07) is 18.6. The van der Waals surface area contributed by atoms with Crippen LogP contribution in [0.15, 0.2) is 64.4 Å². The van der Waals surface area contributed by atoms with Gasteiger partial charge in [0, 0.05) is 22.7 Å². The predicted molar refractivity (Wildman–Crippen MR) is 89.1 cm³/mol. The number of nitrogens with zero attached hydrogens (tertiary/aromatic N) is 1. The van der Waals surface area contributed by atoms with Crippen LogP contribution in [0, 0.1) is 0 Å². The zero-order valence-corrected chi connectivity index (χ0v) is 12.6. The van der Waals surface area contributed by atoms with Crippen molar-refractivity contribution in [2.24, 2.45) is 0 Å². The van der Waals surface area contributed by atoms with E-state index in [0.717, 1.165) is 21.6 Å². The van der Waals surface area contributed by atoms with Crippen molar-refractivity contribution >= 4 is 22.5 Å². The van der Waals surface area contributed by atoms with E-state index in [2.05, 4.69) is 37.3 Å². The van der Waals surface area contributed by atoms with Gasteiger partial charge in [-0.25, -0.2) is 0 Å². The second-order valence-corrected chi connectivity index (χ2v) is 6.44. The fraction of sp³-hybridized carbons (Fsp3) is 0.167. The normalized spacial score (nSPS) is 17.1. The predicted octanol–water partition coefficient (Wildman–Crippen LogP) is 4.34. The molecule has 0 N–H and O–H groups in total. The quantitative estimate of drug-likeness (QED) is 0.666. The number of pyridine rings is 1. The van der Waals surface area contributed by atoms with E-state index in [1.807, 2.05) is 28.8 Å². The van der Waals surface area contributed by atoms with Gasteiger partial charge in [-0.05, 0) is 23.9 Å². The topological polar surface area (TPSA) is 22.0 Å². The molecule has 1 aliphatic heterocycles. The van der Waals surface area contributed by atoms with Crippen LogP contribution >= 0.6 is 11.8 Å². The fourth-order valence-corrected chi connectivity index (χ4v) is 4.37. The van der Waals surface area contributed by atoms with Crippen molar-refractivity contribution in [2.45, 2.75) is 18.0 Å². The van der Waals surface area contributed by atoms with Crippen LogP contribution in [0.25, 0.3) is 21.9 Å².